The molecule has 32 heavy (non-hydrogen) atoms. The fraction of sp³-hybridized carbons (Fsp3) is 0.500. The third-order valence-corrected chi connectivity index (χ3v) is 7.75. The Morgan fingerprint density at radius 1 is 1.19 bits per heavy atom. The van der Waals surface area contributed by atoms with E-state index < -0.39 is 60.1 Å². The van der Waals surface area contributed by atoms with Crippen LogP contribution in [0.5, 0.6) is 0 Å². The van der Waals surface area contributed by atoms with E-state index in [9.17, 15) is 32.9 Å². The number of rotatable bonds is 8. The first-order chi connectivity index (χ1) is 14.6. The normalized spacial score (nSPS) is 27.2. The summed E-state index contributed by atoms with van der Waals surface area (Å²) in [5.41, 5.74) is -0.173. The van der Waals surface area contributed by atoms with E-state index in [1.165, 1.54) is 19.9 Å². The van der Waals surface area contributed by atoms with E-state index >= 15 is 0 Å². The summed E-state index contributed by atoms with van der Waals surface area (Å²) >= 11 is 0. The molecule has 0 spiro atoms. The van der Waals surface area contributed by atoms with Crippen molar-refractivity contribution < 1.29 is 60.6 Å². The molecule has 3 unspecified atom stereocenters. The molecule has 1 aromatic rings. The zero-order valence-corrected chi connectivity index (χ0v) is 19.0. The average Bonchev–Trinajstić information content (AvgIpc) is 2.88. The number of hydrogen-bond acceptors (Lipinski definition) is 9. The van der Waals surface area contributed by atoms with Crippen LogP contribution in [0.25, 0.3) is 0 Å². The second-order valence-electron chi connectivity index (χ2n) is 6.40. The summed E-state index contributed by atoms with van der Waals surface area (Å²) in [6.07, 6.45) is -7.05. The lowest BCUT2D eigenvalue weighted by molar-refractivity contribution is -0.0222. The van der Waals surface area contributed by atoms with Gasteiger partial charge in [-0.1, -0.05) is 5.92 Å². The minimum atomic E-state index is -5.74. The number of phosphoric acid groups is 3. The molecule has 18 heteroatoms. The summed E-state index contributed by atoms with van der Waals surface area (Å²) in [7, 11) is -16.8. The Bertz CT molecular complexity index is 1120. The lowest BCUT2D eigenvalue weighted by Crippen LogP contribution is -2.31. The van der Waals surface area contributed by atoms with Crippen LogP contribution in [0.4, 0.5) is 4.39 Å². The van der Waals surface area contributed by atoms with Crippen LogP contribution in [0.2, 0.25) is 0 Å². The molecule has 0 radical (unpaired) electrons. The van der Waals surface area contributed by atoms with Gasteiger partial charge in [-0.2, -0.15) is 8.62 Å². The fourth-order valence-corrected chi connectivity index (χ4v) is 5.72. The molecule has 1 aliphatic heterocycles. The van der Waals surface area contributed by atoms with Crippen LogP contribution in [0.15, 0.2) is 10.9 Å². The molecular formula is C14H19FNO13P3. The van der Waals surface area contributed by atoms with Crippen molar-refractivity contribution in [1.82, 2.24) is 4.98 Å². The smallest absolute Gasteiger partial charge is 0.387 e. The van der Waals surface area contributed by atoms with Crippen molar-refractivity contribution in [3.63, 3.8) is 0 Å². The largest absolute Gasteiger partial charge is 0.490 e. The van der Waals surface area contributed by atoms with Crippen LogP contribution in [0.1, 0.15) is 29.8 Å². The predicted molar refractivity (Wildman–Crippen MR) is 103 cm³/mol. The van der Waals surface area contributed by atoms with Gasteiger partial charge in [0.25, 0.3) is 5.56 Å². The van der Waals surface area contributed by atoms with Gasteiger partial charge in [-0.25, -0.2) is 18.1 Å². The number of aromatic amines is 1. The van der Waals surface area contributed by atoms with Gasteiger partial charge in [0.05, 0.1) is 12.3 Å². The standard InChI is InChI=1S/C14H19FNO13P3/c1-3-4-9-8(5-7(2)14(18)16-9)13-11(15)12(17)10(27-13)6-26-31(22,23)29-32(24,25)28-30(19,20)21/h5,10-13,17H,6H2,1-2H3,(H,16,18)(H,22,23)(H,24,25)(H2,19,20,21)/t10-,11+,12?,13+/m1/s1. The number of nitrogens with one attached hydrogen (secondary N) is 1. The molecule has 2 heterocycles. The lowest BCUT2D eigenvalue weighted by Gasteiger charge is -2.19. The van der Waals surface area contributed by atoms with Crippen molar-refractivity contribution >= 4 is 23.5 Å². The number of aromatic nitrogens is 1. The number of halogens is 1. The maximum atomic E-state index is 14.7. The number of pyridine rings is 1. The van der Waals surface area contributed by atoms with Crippen molar-refractivity contribution in [2.45, 2.75) is 38.3 Å². The minimum Gasteiger partial charge on any atom is -0.387 e. The molecule has 1 saturated heterocycles. The zero-order valence-electron chi connectivity index (χ0n) is 16.3. The number of ether oxygens (including phenoxy) is 1. The van der Waals surface area contributed by atoms with Crippen LogP contribution in [-0.2, 0) is 31.6 Å². The Morgan fingerprint density at radius 3 is 2.38 bits per heavy atom. The highest BCUT2D eigenvalue weighted by Gasteiger charge is 2.48. The summed E-state index contributed by atoms with van der Waals surface area (Å²) in [5, 5.41) is 10.1. The number of phosphoric ester groups is 1. The Labute approximate surface area is 179 Å². The SMILES string of the molecule is CC#Cc1[nH]c(=O)c(C)cc1[C@@H]1O[C@H](COP(=O)(O)OP(=O)(O)OP(=O)(O)O)C(O)[C@@H]1F. The molecule has 1 aliphatic rings. The highest BCUT2D eigenvalue weighted by atomic mass is 31.3. The summed E-state index contributed by atoms with van der Waals surface area (Å²) in [5.74, 6) is 5.09. The van der Waals surface area contributed by atoms with E-state index in [0.29, 0.717) is 0 Å². The van der Waals surface area contributed by atoms with Crippen molar-refractivity contribution in [3.05, 3.63) is 33.2 Å². The Hall–Kier alpha value is -1.23. The van der Waals surface area contributed by atoms with E-state index in [1.54, 1.807) is 0 Å². The molecule has 1 aromatic heterocycles. The van der Waals surface area contributed by atoms with Gasteiger partial charge >= 0.3 is 23.5 Å². The third-order valence-electron chi connectivity index (χ3n) is 3.95. The Kier molecular flexibility index (Phi) is 8.40. The number of H-pyrrole nitrogens is 1. The highest BCUT2D eigenvalue weighted by molar-refractivity contribution is 7.66. The van der Waals surface area contributed by atoms with Gasteiger partial charge in [0, 0.05) is 11.1 Å². The van der Waals surface area contributed by atoms with Crippen LogP contribution in [0.3, 0.4) is 0 Å². The molecule has 180 valence electrons. The van der Waals surface area contributed by atoms with E-state index in [0.717, 1.165) is 0 Å². The van der Waals surface area contributed by atoms with Crippen molar-refractivity contribution in [2.75, 3.05) is 6.61 Å². The summed E-state index contributed by atoms with van der Waals surface area (Å²) in [6, 6.07) is 1.30. The van der Waals surface area contributed by atoms with E-state index in [-0.39, 0.29) is 16.8 Å². The van der Waals surface area contributed by atoms with Crippen molar-refractivity contribution in [2.24, 2.45) is 0 Å². The third kappa shape index (κ3) is 7.13. The van der Waals surface area contributed by atoms with Gasteiger partial charge in [-0.05, 0) is 25.8 Å². The quantitative estimate of drug-likeness (QED) is 0.203. The van der Waals surface area contributed by atoms with Crippen LogP contribution in [0, 0.1) is 18.8 Å². The maximum Gasteiger partial charge on any atom is 0.490 e. The Balaban J connectivity index is 2.16. The van der Waals surface area contributed by atoms with Crippen LogP contribution in [-0.4, -0.2) is 54.7 Å². The van der Waals surface area contributed by atoms with E-state index in [1.807, 2.05) is 0 Å². The summed E-state index contributed by atoms with van der Waals surface area (Å²) < 4.78 is 65.3. The van der Waals surface area contributed by atoms with E-state index in [4.69, 9.17) is 19.4 Å². The second-order valence-corrected chi connectivity index (χ2v) is 10.8. The molecule has 0 aromatic carbocycles. The second kappa shape index (κ2) is 9.95. The van der Waals surface area contributed by atoms with Crippen molar-refractivity contribution in [1.29, 1.82) is 0 Å². The first-order valence-corrected chi connectivity index (χ1v) is 13.0. The van der Waals surface area contributed by atoms with Gasteiger partial charge < -0.3 is 34.4 Å². The fourth-order valence-electron chi connectivity index (χ4n) is 2.69. The predicted octanol–water partition coefficient (Wildman–Crippen LogP) is 0.537. The zero-order chi connectivity index (χ0) is 24.5. The van der Waals surface area contributed by atoms with Gasteiger partial charge in [0.15, 0.2) is 6.17 Å². The molecule has 0 amide bonds. The number of aryl methyl sites for hydroxylation is 1. The average molecular weight is 521 g/mol. The minimum absolute atomic E-state index is 0.0245. The maximum absolute atomic E-state index is 14.7. The number of hydrogen-bond donors (Lipinski definition) is 6. The molecule has 0 bridgehead atoms. The molecule has 0 aliphatic carbocycles. The molecule has 2 rings (SSSR count). The van der Waals surface area contributed by atoms with Gasteiger partial charge in [0.2, 0.25) is 0 Å². The lowest BCUT2D eigenvalue weighted by atomic mass is 10.00. The van der Waals surface area contributed by atoms with E-state index in [2.05, 4.69) is 30.0 Å². The number of alkyl halides is 1. The van der Waals surface area contributed by atoms with Gasteiger partial charge in [-0.3, -0.25) is 9.32 Å². The number of aliphatic hydroxyl groups is 1. The van der Waals surface area contributed by atoms with Crippen LogP contribution < -0.4 is 5.56 Å². The summed E-state index contributed by atoms with van der Waals surface area (Å²) in [6.45, 7) is 1.86. The molecule has 6 atom stereocenters. The molecular weight excluding hydrogens is 502 g/mol. The van der Waals surface area contributed by atoms with Crippen LogP contribution >= 0.6 is 23.5 Å². The molecule has 0 saturated carbocycles. The van der Waals surface area contributed by atoms with Crippen molar-refractivity contribution in [3.8, 4) is 11.8 Å². The topological polar surface area (TPSA) is 222 Å². The molecule has 1 fully saturated rings. The molecule has 14 nitrogen and oxygen atoms in total. The first-order valence-electron chi connectivity index (χ1n) is 8.48. The monoisotopic (exact) mass is 521 g/mol. The van der Waals surface area contributed by atoms with Gasteiger partial charge in [0.1, 0.15) is 18.3 Å². The highest BCUT2D eigenvalue weighted by Crippen LogP contribution is 2.66. The Morgan fingerprint density at radius 2 is 1.81 bits per heavy atom. The first kappa shape index (κ1) is 27.0. The van der Waals surface area contributed by atoms with Gasteiger partial charge in [-0.15, -0.1) is 0 Å². The molecule has 6 N–H and O–H groups in total. The number of aliphatic hydroxyl groups excluding tert-OH is 1. The summed E-state index contributed by atoms with van der Waals surface area (Å²) in [4.78, 5) is 49.8.